The molecule has 0 aliphatic carbocycles. The maximum absolute atomic E-state index is 11.4. The summed E-state index contributed by atoms with van der Waals surface area (Å²) in [5.74, 6) is -1.10. The Morgan fingerprint density at radius 1 is 0.321 bits per heavy atom. The van der Waals surface area contributed by atoms with E-state index in [-0.39, 0.29) is 84.8 Å². The molecule has 4 aromatic carbocycles. The van der Waals surface area contributed by atoms with Crippen LogP contribution in [-0.4, -0.2) is 19.9 Å². The molecule has 17 heteroatoms. The number of benzene rings is 4. The molecule has 0 spiro atoms. The van der Waals surface area contributed by atoms with Crippen molar-refractivity contribution in [3.63, 3.8) is 0 Å². The van der Waals surface area contributed by atoms with Gasteiger partial charge in [0, 0.05) is 66.4 Å². The Morgan fingerprint density at radius 3 is 0.698 bits per heavy atom. The number of rotatable bonds is 0. The van der Waals surface area contributed by atoms with Gasteiger partial charge < -0.3 is 20.4 Å². The van der Waals surface area contributed by atoms with Gasteiger partial charge in [0.05, 0.1) is 42.2 Å². The maximum Gasteiger partial charge on any atom is 4.00 e. The fraction of sp³-hybridized carbons (Fsp3) is 0. The van der Waals surface area contributed by atoms with Crippen molar-refractivity contribution in [1.82, 2.24) is 19.9 Å². The van der Waals surface area contributed by atoms with Crippen LogP contribution in [0.4, 0.5) is 0 Å². The Morgan fingerprint density at radius 2 is 0.509 bits per heavy atom. The summed E-state index contributed by atoms with van der Waals surface area (Å²) in [7, 11) is 0. The van der Waals surface area contributed by atoms with Gasteiger partial charge >= 0.3 is 41.7 Å². The molecule has 0 radical (unpaired) electrons. The molecule has 0 amide bonds. The number of hydrogen-bond donors (Lipinski definition) is 0. The van der Waals surface area contributed by atoms with Crippen LogP contribution in [0.5, 0.6) is 23.0 Å². The van der Waals surface area contributed by atoms with Gasteiger partial charge in [-0.2, -0.15) is 0 Å². The fourth-order valence-electron chi connectivity index (χ4n) is 4.59. The fourth-order valence-corrected chi connectivity index (χ4v) is 6.65. The Bertz CT molecular complexity index is 2250. The molecule has 0 bridgehead atoms. The van der Waals surface area contributed by atoms with Gasteiger partial charge in [-0.15, -0.1) is 0 Å². The smallest absolute Gasteiger partial charge is 0.870 e. The zero-order chi connectivity index (χ0) is 37.7. The quantitative estimate of drug-likeness (QED) is 0.146. The van der Waals surface area contributed by atoms with Crippen molar-refractivity contribution in [2.24, 2.45) is 0 Å². The number of aromatic nitrogens is 4. The van der Waals surface area contributed by atoms with E-state index in [9.17, 15) is 20.4 Å². The number of nitrogens with zero attached hydrogens (tertiary/aromatic N) is 4. The van der Waals surface area contributed by atoms with E-state index >= 15 is 0 Å². The molecule has 4 heterocycles. The molecule has 0 aliphatic heterocycles. The van der Waals surface area contributed by atoms with Crippen LogP contribution in [-0.2, 0) is 0 Å². The summed E-state index contributed by atoms with van der Waals surface area (Å²) in [5, 5.41) is 50.5. The molecule has 0 unspecified atom stereocenters. The first-order valence-corrected chi connectivity index (χ1v) is 17.4. The zero-order valence-corrected chi connectivity index (χ0v) is 35.4. The van der Waals surface area contributed by atoms with E-state index in [1.807, 2.05) is 0 Å². The molecule has 0 saturated heterocycles. The predicted molar refractivity (Wildman–Crippen MR) is 205 cm³/mol. The van der Waals surface area contributed by atoms with Crippen LogP contribution in [0.1, 0.15) is 0 Å². The predicted octanol–water partition coefficient (Wildman–Crippen LogP) is 10.5. The van der Waals surface area contributed by atoms with Crippen LogP contribution in [0.15, 0.2) is 97.6 Å². The molecule has 0 aliphatic rings. The van der Waals surface area contributed by atoms with Crippen molar-refractivity contribution in [1.29, 1.82) is 0 Å². The second-order valence-corrected chi connectivity index (χ2v) is 13.5. The normalized spacial score (nSPS) is 10.4. The Hall–Kier alpha value is -2.58. The number of hydrogen-bond acceptors (Lipinski definition) is 8. The largest absolute Gasteiger partial charge is 4.00 e. The summed E-state index contributed by atoms with van der Waals surface area (Å²) in [5.41, 5.74) is 1.28. The van der Waals surface area contributed by atoms with Crippen LogP contribution in [0, 0.1) is 41.7 Å². The van der Waals surface area contributed by atoms with Crippen LogP contribution < -0.4 is 20.4 Å². The summed E-state index contributed by atoms with van der Waals surface area (Å²) >= 11 is 46.1. The van der Waals surface area contributed by atoms with E-state index in [0.29, 0.717) is 63.7 Å². The third kappa shape index (κ3) is 10.00. The van der Waals surface area contributed by atoms with Crippen LogP contribution in [0.25, 0.3) is 43.6 Å². The van der Waals surface area contributed by atoms with Gasteiger partial charge in [-0.1, -0.05) is 116 Å². The molecular weight excluding hydrogens is 976 g/mol. The minimum absolute atomic E-state index is 0. The van der Waals surface area contributed by atoms with Gasteiger partial charge in [-0.3, -0.25) is 19.9 Å². The molecule has 0 N–H and O–H groups in total. The Kier molecular flexibility index (Phi) is 15.7. The summed E-state index contributed by atoms with van der Waals surface area (Å²) in [6.07, 6.45) is 6.15. The number of fused-ring (bicyclic) bond motifs is 4. The van der Waals surface area contributed by atoms with E-state index in [4.69, 9.17) is 92.8 Å². The van der Waals surface area contributed by atoms with Gasteiger partial charge in [-0.25, -0.2) is 0 Å². The maximum atomic E-state index is 11.4. The third-order valence-corrected chi connectivity index (χ3v) is 9.38. The Balaban J connectivity index is 0.000000157. The number of halogens is 8. The second-order valence-electron chi connectivity index (χ2n) is 10.3. The standard InChI is InChI=1S/4C9H5Cl2NO.Ce/c4*10-6-4-7(11)9(13)8-5(6)2-1-3-12-8;/h4*1-4,13H;/q;;;;+4/p-4. The molecule has 8 nitrogen and oxygen atoms in total. The second kappa shape index (κ2) is 19.3. The van der Waals surface area contributed by atoms with Crippen molar-refractivity contribution in [2.75, 3.05) is 0 Å². The van der Waals surface area contributed by atoms with Crippen molar-refractivity contribution in [3.8, 4) is 23.0 Å². The molecular formula is C36H16CeCl8N4O4. The third-order valence-electron chi connectivity index (χ3n) is 7.00. The summed E-state index contributed by atoms with van der Waals surface area (Å²) < 4.78 is 0. The molecule has 8 rings (SSSR count). The van der Waals surface area contributed by atoms with Gasteiger partial charge in [-0.05, 0) is 72.8 Å². The van der Waals surface area contributed by atoms with E-state index in [0.717, 1.165) is 0 Å². The molecule has 8 aromatic rings. The Labute approximate surface area is 375 Å². The number of pyridine rings is 4. The average molecular weight is 992 g/mol. The molecule has 0 atom stereocenters. The van der Waals surface area contributed by atoms with E-state index < -0.39 is 0 Å². The van der Waals surface area contributed by atoms with Crippen LogP contribution >= 0.6 is 92.8 Å². The van der Waals surface area contributed by atoms with Gasteiger partial charge in [0.2, 0.25) is 0 Å². The SMILES string of the molecule is [Ce+4].[O-]c1c(Cl)cc(Cl)c2cccnc12.[O-]c1c(Cl)cc(Cl)c2cccnc12.[O-]c1c(Cl)cc(Cl)c2cccnc12.[O-]c1c(Cl)cc(Cl)c2cccnc12. The van der Waals surface area contributed by atoms with Gasteiger partial charge in [0.15, 0.2) is 0 Å². The van der Waals surface area contributed by atoms with E-state index in [2.05, 4.69) is 19.9 Å². The zero-order valence-electron chi connectivity index (χ0n) is 26.2. The van der Waals surface area contributed by atoms with Crippen LogP contribution in [0.2, 0.25) is 40.2 Å². The molecule has 0 saturated carbocycles. The average Bonchev–Trinajstić information content (AvgIpc) is 3.15. The first-order chi connectivity index (χ1) is 24.8. The van der Waals surface area contributed by atoms with Crippen molar-refractivity contribution >= 4 is 136 Å². The molecule has 0 fully saturated rings. The van der Waals surface area contributed by atoms with E-state index in [1.165, 1.54) is 49.1 Å². The topological polar surface area (TPSA) is 144 Å². The van der Waals surface area contributed by atoms with Crippen molar-refractivity contribution < 1.29 is 62.2 Å². The monoisotopic (exact) mass is 988 g/mol. The summed E-state index contributed by atoms with van der Waals surface area (Å²) in [6.45, 7) is 0. The molecule has 53 heavy (non-hydrogen) atoms. The molecule has 4 aromatic heterocycles. The minimum atomic E-state index is -0.276. The first-order valence-electron chi connectivity index (χ1n) is 14.4. The molecule has 264 valence electrons. The van der Waals surface area contributed by atoms with E-state index in [1.54, 1.807) is 48.5 Å². The van der Waals surface area contributed by atoms with Gasteiger partial charge in [0.25, 0.3) is 0 Å². The van der Waals surface area contributed by atoms with Gasteiger partial charge in [0.1, 0.15) is 0 Å². The van der Waals surface area contributed by atoms with Crippen LogP contribution in [0.3, 0.4) is 0 Å². The van der Waals surface area contributed by atoms with Crippen molar-refractivity contribution in [2.45, 2.75) is 0 Å². The summed E-state index contributed by atoms with van der Waals surface area (Å²) in [6, 6.07) is 19.6. The van der Waals surface area contributed by atoms with Crippen molar-refractivity contribution in [3.05, 3.63) is 138 Å². The summed E-state index contributed by atoms with van der Waals surface area (Å²) in [4.78, 5) is 15.7. The first kappa shape index (κ1) is 43.1. The minimum Gasteiger partial charge on any atom is -0.870 e.